The van der Waals surface area contributed by atoms with Gasteiger partial charge < -0.3 is 29.7 Å². The highest BCUT2D eigenvalue weighted by molar-refractivity contribution is 7.86. The molecule has 3 heterocycles. The Hall–Kier alpha value is -5.02. The molecule has 0 bridgehead atoms. The first-order valence-electron chi connectivity index (χ1n) is 18.2. The second-order valence-electron chi connectivity index (χ2n) is 13.7. The number of hydrogen-bond donors (Lipinski definition) is 2. The number of carbonyl (C=O) groups excluding carboxylic acids is 3. The van der Waals surface area contributed by atoms with Gasteiger partial charge in [0.25, 0.3) is 10.1 Å². The second kappa shape index (κ2) is 18.8. The minimum absolute atomic E-state index is 0.0171. The number of esters is 1. The molecule has 0 radical (unpaired) electrons. The summed E-state index contributed by atoms with van der Waals surface area (Å²) in [5.74, 6) is -0.543. The number of likely N-dealkylation sites (tertiary alicyclic amines) is 2. The summed E-state index contributed by atoms with van der Waals surface area (Å²) in [5, 5.41) is 12.2. The summed E-state index contributed by atoms with van der Waals surface area (Å²) >= 11 is 0. The third-order valence-electron chi connectivity index (χ3n) is 9.96. The Balaban J connectivity index is 1.20. The van der Waals surface area contributed by atoms with E-state index in [4.69, 9.17) is 13.7 Å². The molecule has 14 nitrogen and oxygen atoms in total. The lowest BCUT2D eigenvalue weighted by molar-refractivity contribution is -0.141. The van der Waals surface area contributed by atoms with Crippen LogP contribution in [-0.2, 0) is 33.4 Å². The van der Waals surface area contributed by atoms with Crippen LogP contribution in [0.5, 0.6) is 5.75 Å². The lowest BCUT2D eigenvalue weighted by atomic mass is 9.91. The largest absolute Gasteiger partial charge is 0.490 e. The minimum Gasteiger partial charge on any atom is -0.490 e. The Kier molecular flexibility index (Phi) is 14.0. The Morgan fingerprint density at radius 1 is 0.963 bits per heavy atom. The fourth-order valence-electron chi connectivity index (χ4n) is 6.80. The molecule has 15 heteroatoms. The zero-order chi connectivity index (χ0) is 38.7. The smallest absolute Gasteiger partial charge is 0.407 e. The van der Waals surface area contributed by atoms with Crippen molar-refractivity contribution in [2.24, 2.45) is 11.8 Å². The number of carbonyl (C=O) groups is 4. The first kappa shape index (κ1) is 40.2. The highest BCUT2D eigenvalue weighted by atomic mass is 32.2. The number of aromatic nitrogens is 1. The molecule has 0 spiro atoms. The van der Waals surface area contributed by atoms with E-state index in [1.54, 1.807) is 47.6 Å². The maximum Gasteiger partial charge on any atom is 0.407 e. The van der Waals surface area contributed by atoms with Crippen LogP contribution in [0, 0.1) is 18.8 Å². The summed E-state index contributed by atoms with van der Waals surface area (Å²) in [4.78, 5) is 58.2. The van der Waals surface area contributed by atoms with Gasteiger partial charge in [0.1, 0.15) is 19.0 Å². The van der Waals surface area contributed by atoms with E-state index in [1.165, 1.54) is 24.1 Å². The van der Waals surface area contributed by atoms with E-state index in [-0.39, 0.29) is 48.8 Å². The number of nitrogens with one attached hydrogen (secondary N) is 1. The van der Waals surface area contributed by atoms with Crippen LogP contribution in [0.15, 0.2) is 71.9 Å². The van der Waals surface area contributed by atoms with Crippen LogP contribution in [0.4, 0.5) is 4.79 Å². The number of benzene rings is 2. The molecular weight excluding hydrogens is 717 g/mol. The second-order valence-corrected chi connectivity index (χ2v) is 15.3. The van der Waals surface area contributed by atoms with Crippen molar-refractivity contribution in [2.75, 3.05) is 46.5 Å². The maximum atomic E-state index is 13.7. The number of piperidine rings is 2. The van der Waals surface area contributed by atoms with Crippen molar-refractivity contribution in [2.45, 2.75) is 62.8 Å². The van der Waals surface area contributed by atoms with Gasteiger partial charge in [-0.1, -0.05) is 35.9 Å². The molecule has 2 aliphatic rings. The van der Waals surface area contributed by atoms with Gasteiger partial charge in [0, 0.05) is 56.1 Å². The van der Waals surface area contributed by atoms with Gasteiger partial charge in [-0.15, -0.1) is 0 Å². The van der Waals surface area contributed by atoms with Gasteiger partial charge >= 0.3 is 12.1 Å². The van der Waals surface area contributed by atoms with Gasteiger partial charge in [0.15, 0.2) is 0 Å². The van der Waals surface area contributed by atoms with Crippen LogP contribution in [-0.4, -0.2) is 98.7 Å². The fourth-order valence-corrected chi connectivity index (χ4v) is 7.70. The number of para-hydroxylation sites is 1. The summed E-state index contributed by atoms with van der Waals surface area (Å²) in [6, 6.07) is 14.6. The van der Waals surface area contributed by atoms with Crippen LogP contribution in [0.25, 0.3) is 11.1 Å². The highest BCUT2D eigenvalue weighted by Gasteiger charge is 2.31. The Morgan fingerprint density at radius 2 is 1.70 bits per heavy atom. The molecule has 0 aliphatic carbocycles. The van der Waals surface area contributed by atoms with Crippen molar-refractivity contribution in [1.29, 1.82) is 0 Å². The SMILES string of the molecule is COC(=O)CC(NC(=O)[C@@H]1CCCN(C(=O)CCC2CCN(C(=O)O)CC2)C1)c1cncc(-c2ccccc2OCCOS(=O)(=O)c2ccc(C)cc2)c1. The van der Waals surface area contributed by atoms with E-state index in [1.807, 2.05) is 19.1 Å². The molecule has 1 aromatic heterocycles. The Morgan fingerprint density at radius 3 is 2.43 bits per heavy atom. The maximum absolute atomic E-state index is 13.7. The fraction of sp³-hybridized carbons (Fsp3) is 0.462. The number of pyridine rings is 1. The predicted octanol–water partition coefficient (Wildman–Crippen LogP) is 4.97. The molecule has 2 N–H and O–H groups in total. The van der Waals surface area contributed by atoms with Gasteiger partial charge in [-0.3, -0.25) is 23.6 Å². The first-order chi connectivity index (χ1) is 25.9. The van der Waals surface area contributed by atoms with Crippen LogP contribution in [0.2, 0.25) is 0 Å². The molecule has 290 valence electrons. The molecule has 3 amide bonds. The van der Waals surface area contributed by atoms with Crippen molar-refractivity contribution in [1.82, 2.24) is 20.1 Å². The average molecular weight is 765 g/mol. The summed E-state index contributed by atoms with van der Waals surface area (Å²) in [6.07, 6.45) is 5.89. The van der Waals surface area contributed by atoms with E-state index >= 15 is 0 Å². The summed E-state index contributed by atoms with van der Waals surface area (Å²) < 4.78 is 41.3. The van der Waals surface area contributed by atoms with E-state index in [0.29, 0.717) is 67.8 Å². The Labute approximate surface area is 315 Å². The number of aryl methyl sites for hydroxylation is 1. The molecule has 3 aromatic rings. The topological polar surface area (TPSA) is 182 Å². The van der Waals surface area contributed by atoms with Crippen molar-refractivity contribution < 1.29 is 46.4 Å². The van der Waals surface area contributed by atoms with Crippen LogP contribution in [0.3, 0.4) is 0 Å². The number of hydrogen-bond acceptors (Lipinski definition) is 10. The molecule has 5 rings (SSSR count). The number of ether oxygens (including phenoxy) is 2. The molecule has 54 heavy (non-hydrogen) atoms. The van der Waals surface area contributed by atoms with Crippen LogP contribution >= 0.6 is 0 Å². The van der Waals surface area contributed by atoms with E-state index in [9.17, 15) is 32.7 Å². The predicted molar refractivity (Wildman–Crippen MR) is 198 cm³/mol. The monoisotopic (exact) mass is 764 g/mol. The van der Waals surface area contributed by atoms with Gasteiger partial charge in [0.2, 0.25) is 11.8 Å². The summed E-state index contributed by atoms with van der Waals surface area (Å²) in [5.41, 5.74) is 2.79. The van der Waals surface area contributed by atoms with Crippen molar-refractivity contribution in [3.63, 3.8) is 0 Å². The van der Waals surface area contributed by atoms with Crippen LogP contribution in [0.1, 0.15) is 62.1 Å². The molecule has 2 aliphatic heterocycles. The highest BCUT2D eigenvalue weighted by Crippen LogP contribution is 2.32. The van der Waals surface area contributed by atoms with Crippen molar-refractivity contribution in [3.05, 3.63) is 78.1 Å². The lowest BCUT2D eigenvalue weighted by Gasteiger charge is -2.34. The van der Waals surface area contributed by atoms with Gasteiger partial charge in [0.05, 0.1) is 30.4 Å². The van der Waals surface area contributed by atoms with E-state index < -0.39 is 34.1 Å². The lowest BCUT2D eigenvalue weighted by Crippen LogP contribution is -2.46. The molecule has 1 unspecified atom stereocenters. The number of amides is 3. The number of rotatable bonds is 15. The summed E-state index contributed by atoms with van der Waals surface area (Å²) in [6.45, 7) is 3.38. The molecule has 2 aromatic carbocycles. The van der Waals surface area contributed by atoms with Crippen LogP contribution < -0.4 is 10.1 Å². The quantitative estimate of drug-likeness (QED) is 0.121. The van der Waals surface area contributed by atoms with Gasteiger partial charge in [-0.05, 0) is 74.8 Å². The molecule has 0 saturated carbocycles. The normalized spacial score (nSPS) is 17.0. The van der Waals surface area contributed by atoms with Crippen molar-refractivity contribution >= 4 is 34.0 Å². The molecule has 2 saturated heterocycles. The zero-order valence-electron chi connectivity index (χ0n) is 30.6. The zero-order valence-corrected chi connectivity index (χ0v) is 31.5. The number of methoxy groups -OCH3 is 1. The standard InChI is InChI=1S/C39H48N4O10S/c1-27-9-12-32(13-10-27)54(49,50)53-21-20-52-35-8-4-3-7-33(35)30-22-31(25-40-24-30)34(23-37(45)51-2)41-38(46)29-6-5-17-43(26-29)36(44)14-11-28-15-18-42(19-16-28)39(47)48/h3-4,7-10,12-13,22,24-25,28-29,34H,5-6,11,14-21,23,26H2,1-2H3,(H,41,46)(H,47,48)/t29-,34?/m1/s1. The third kappa shape index (κ3) is 11.0. The number of nitrogens with zero attached hydrogens (tertiary/aromatic N) is 3. The van der Waals surface area contributed by atoms with E-state index in [2.05, 4.69) is 10.3 Å². The molecular formula is C39H48N4O10S. The first-order valence-corrected chi connectivity index (χ1v) is 19.6. The number of carboxylic acid groups (broad SMARTS) is 1. The Bertz CT molecular complexity index is 1880. The van der Waals surface area contributed by atoms with E-state index in [0.717, 1.165) is 18.4 Å². The third-order valence-corrected chi connectivity index (χ3v) is 11.3. The minimum atomic E-state index is -3.96. The van der Waals surface area contributed by atoms with Crippen molar-refractivity contribution in [3.8, 4) is 16.9 Å². The average Bonchev–Trinajstić information content (AvgIpc) is 3.18. The molecule has 2 fully saturated rings. The molecule has 2 atom stereocenters. The van der Waals surface area contributed by atoms with Gasteiger partial charge in [-0.25, -0.2) is 4.79 Å². The summed E-state index contributed by atoms with van der Waals surface area (Å²) in [7, 11) is -2.68. The van der Waals surface area contributed by atoms with Gasteiger partial charge in [-0.2, -0.15) is 8.42 Å².